The van der Waals surface area contributed by atoms with Gasteiger partial charge in [0.05, 0.1) is 11.0 Å². The Morgan fingerprint density at radius 3 is 1.00 bits per heavy atom. The van der Waals surface area contributed by atoms with Gasteiger partial charge in [0.1, 0.15) is 0 Å². The molecule has 0 spiro atoms. The summed E-state index contributed by atoms with van der Waals surface area (Å²) in [7, 11) is -4.87. The van der Waals surface area contributed by atoms with Gasteiger partial charge in [-0.05, 0) is 0 Å². The van der Waals surface area contributed by atoms with Crippen molar-refractivity contribution in [3.8, 4) is 0 Å². The van der Waals surface area contributed by atoms with Gasteiger partial charge in [-0.15, -0.1) is 0 Å². The molecule has 0 bridgehead atoms. The third-order valence-corrected chi connectivity index (χ3v) is 2.82. The van der Waals surface area contributed by atoms with Crippen LogP contribution >= 0.6 is 0 Å². The predicted octanol–water partition coefficient (Wildman–Crippen LogP) is 1.56. The molecule has 3 nitrogen and oxygen atoms in total. The second-order valence-corrected chi connectivity index (χ2v) is 4.75. The Bertz CT molecular complexity index is 601. The summed E-state index contributed by atoms with van der Waals surface area (Å²) in [5.41, 5.74) is 0. The third-order valence-electron chi connectivity index (χ3n) is 2.47. The summed E-state index contributed by atoms with van der Waals surface area (Å²) >= 11 is 0. The number of alkyl halides is 15. The van der Waals surface area contributed by atoms with Gasteiger partial charge in [-0.25, -0.2) is 0 Å². The van der Waals surface area contributed by atoms with Crippen LogP contribution in [-0.2, 0) is 23.6 Å². The fraction of sp³-hybridized carbons (Fsp3) is 1.00. The average Bonchev–Trinajstić information content (AvgIpc) is 2.34. The van der Waals surface area contributed by atoms with E-state index in [4.69, 9.17) is 0 Å². The Balaban J connectivity index is 0. The van der Waals surface area contributed by atoms with Gasteiger partial charge in [-0.1, -0.05) is 0 Å². The van der Waals surface area contributed by atoms with Gasteiger partial charge in [-0.2, -0.15) is 65.9 Å². The van der Waals surface area contributed by atoms with Gasteiger partial charge in [-0.3, -0.25) is 0 Å². The minimum Gasteiger partial charge on any atom is -0.397 e. The zero-order valence-corrected chi connectivity index (χ0v) is 12.6. The molecule has 0 aromatic heterocycles. The zero-order chi connectivity index (χ0) is 21.8. The summed E-state index contributed by atoms with van der Waals surface area (Å²) < 4.78 is 209. The maximum absolute atomic E-state index is 12.9. The van der Waals surface area contributed by atoms with E-state index < -0.39 is 52.9 Å². The summed E-state index contributed by atoms with van der Waals surface area (Å²) in [4.78, 5) is 0. The van der Waals surface area contributed by atoms with Crippen LogP contribution in [0.2, 0.25) is 0 Å². The molecule has 0 saturated heterocycles. The molecular formula is C7F15LiO3S. The zero-order valence-electron chi connectivity index (χ0n) is 11.8. The Labute approximate surface area is 151 Å². The molecular weight excluding hydrogens is 456 g/mol. The van der Waals surface area contributed by atoms with Crippen molar-refractivity contribution in [2.24, 2.45) is 0 Å². The quantitative estimate of drug-likeness (QED) is 0.332. The van der Waals surface area contributed by atoms with Crippen LogP contribution < -0.4 is 18.9 Å². The van der Waals surface area contributed by atoms with Gasteiger partial charge in [0.25, 0.3) is 0 Å². The van der Waals surface area contributed by atoms with E-state index in [1.54, 1.807) is 0 Å². The van der Waals surface area contributed by atoms with Crippen molar-refractivity contribution in [3.05, 3.63) is 0 Å². The van der Waals surface area contributed by atoms with Gasteiger partial charge in [0.2, 0.25) is 0 Å². The maximum atomic E-state index is 12.9. The fourth-order valence-electron chi connectivity index (χ4n) is 1.09. The molecule has 158 valence electrons. The third kappa shape index (κ3) is 4.10. The van der Waals surface area contributed by atoms with Crippen LogP contribution in [0.1, 0.15) is 0 Å². The molecule has 0 rings (SSSR count). The SMILES string of the molecule is O=[S-](=O)OC(F)(F)C(F)(F)C(F)(F)C(F)(F)C(F)(F)C(F)(F)C(F)(F)F.[Li+]. The fourth-order valence-corrected chi connectivity index (χ4v) is 1.37. The van der Waals surface area contributed by atoms with Crippen LogP contribution in [0.25, 0.3) is 0 Å². The molecule has 0 aliphatic carbocycles. The van der Waals surface area contributed by atoms with Crippen LogP contribution in [0, 0.1) is 0 Å². The van der Waals surface area contributed by atoms with Gasteiger partial charge in [0, 0.05) is 0 Å². The molecule has 0 aliphatic rings. The largest absolute Gasteiger partial charge is 1.00 e. The first-order valence-electron chi connectivity index (χ1n) is 5.04. The number of hydrogen-bond donors (Lipinski definition) is 0. The minimum atomic E-state index is -8.49. The van der Waals surface area contributed by atoms with E-state index in [0.717, 1.165) is 0 Å². The van der Waals surface area contributed by atoms with Crippen molar-refractivity contribution in [2.45, 2.75) is 41.9 Å². The average molecular weight is 456 g/mol. The second-order valence-electron chi connectivity index (χ2n) is 4.17. The van der Waals surface area contributed by atoms with Crippen molar-refractivity contribution in [2.75, 3.05) is 0 Å². The molecule has 0 aromatic rings. The molecule has 0 radical (unpaired) electrons. The van der Waals surface area contributed by atoms with Crippen LogP contribution in [0.3, 0.4) is 0 Å². The number of halogens is 15. The summed E-state index contributed by atoms with van der Waals surface area (Å²) in [6, 6.07) is 0. The normalized spacial score (nSPS) is 15.7. The number of hydrogen-bond acceptors (Lipinski definition) is 4. The van der Waals surface area contributed by atoms with E-state index in [1.807, 2.05) is 4.18 Å². The summed E-state index contributed by atoms with van der Waals surface area (Å²) in [6.07, 6.45) is -15.0. The van der Waals surface area contributed by atoms with Crippen molar-refractivity contribution in [3.63, 3.8) is 0 Å². The first-order chi connectivity index (χ1) is 10.9. The Kier molecular flexibility index (Phi) is 7.82. The standard InChI is InChI=1S/C7F15O3S.Li/c8-1(9,2(10,11)4(14,15)6(18,19)20)3(12,13)5(16,17)7(21,22)25-26(23)24;/q-1;+1. The summed E-state index contributed by atoms with van der Waals surface area (Å²) in [5.74, 6) is -41.4. The van der Waals surface area contributed by atoms with Crippen molar-refractivity contribution < 1.29 is 97.3 Å². The van der Waals surface area contributed by atoms with E-state index in [2.05, 4.69) is 0 Å². The second kappa shape index (κ2) is 7.37. The predicted molar refractivity (Wildman–Crippen MR) is 45.6 cm³/mol. The number of rotatable bonds is 7. The molecule has 0 aromatic carbocycles. The molecule has 0 fully saturated rings. The molecule has 0 amide bonds. The molecule has 0 N–H and O–H groups in total. The molecule has 0 heterocycles. The van der Waals surface area contributed by atoms with Crippen molar-refractivity contribution in [1.29, 1.82) is 0 Å². The molecule has 0 atom stereocenters. The van der Waals surface area contributed by atoms with Crippen LogP contribution in [0.4, 0.5) is 65.9 Å². The van der Waals surface area contributed by atoms with E-state index in [0.29, 0.717) is 0 Å². The molecule has 0 aliphatic heterocycles. The van der Waals surface area contributed by atoms with Crippen LogP contribution in [-0.4, -0.2) is 41.9 Å². The summed E-state index contributed by atoms with van der Waals surface area (Å²) in [5, 5.41) is 0. The van der Waals surface area contributed by atoms with Gasteiger partial charge >= 0.3 is 60.8 Å². The summed E-state index contributed by atoms with van der Waals surface area (Å²) in [6.45, 7) is 0. The van der Waals surface area contributed by atoms with Crippen LogP contribution in [0.15, 0.2) is 0 Å². The molecule has 20 heteroatoms. The van der Waals surface area contributed by atoms with E-state index in [9.17, 15) is 74.3 Å². The monoisotopic (exact) mass is 456 g/mol. The van der Waals surface area contributed by atoms with E-state index >= 15 is 0 Å². The molecule has 0 unspecified atom stereocenters. The smallest absolute Gasteiger partial charge is 0.397 e. The maximum Gasteiger partial charge on any atom is 1.00 e. The van der Waals surface area contributed by atoms with Gasteiger partial charge < -0.3 is 12.6 Å². The Hall–Kier alpha value is -0.543. The van der Waals surface area contributed by atoms with Crippen molar-refractivity contribution >= 4 is 11.0 Å². The minimum absolute atomic E-state index is 0. The van der Waals surface area contributed by atoms with Gasteiger partial charge in [0.15, 0.2) is 0 Å². The Morgan fingerprint density at radius 1 is 0.481 bits per heavy atom. The molecule has 0 saturated carbocycles. The van der Waals surface area contributed by atoms with E-state index in [1.165, 1.54) is 0 Å². The Morgan fingerprint density at radius 2 is 0.741 bits per heavy atom. The molecule has 27 heavy (non-hydrogen) atoms. The van der Waals surface area contributed by atoms with Crippen molar-refractivity contribution in [1.82, 2.24) is 0 Å². The van der Waals surface area contributed by atoms with E-state index in [-0.39, 0.29) is 18.9 Å². The first kappa shape index (κ1) is 28.7. The van der Waals surface area contributed by atoms with Crippen LogP contribution in [0.5, 0.6) is 0 Å². The topological polar surface area (TPSA) is 43.4 Å². The first-order valence-corrected chi connectivity index (χ1v) is 6.04.